The van der Waals surface area contributed by atoms with Crippen molar-refractivity contribution >= 4 is 5.91 Å². The van der Waals surface area contributed by atoms with Crippen LogP contribution in [0.5, 0.6) is 11.5 Å². The monoisotopic (exact) mass is 381 g/mol. The Bertz CT molecular complexity index is 906. The molecule has 0 saturated carbocycles. The van der Waals surface area contributed by atoms with E-state index in [1.165, 1.54) is 0 Å². The molecule has 7 nitrogen and oxygen atoms in total. The van der Waals surface area contributed by atoms with Gasteiger partial charge in [0.2, 0.25) is 17.7 Å². The van der Waals surface area contributed by atoms with Crippen molar-refractivity contribution in [3.8, 4) is 23.0 Å². The van der Waals surface area contributed by atoms with Crippen LogP contribution in [0.2, 0.25) is 0 Å². The van der Waals surface area contributed by atoms with Gasteiger partial charge in [-0.15, -0.1) is 10.2 Å². The van der Waals surface area contributed by atoms with Crippen LogP contribution < -0.4 is 14.8 Å². The molecule has 2 aromatic carbocycles. The van der Waals surface area contributed by atoms with Crippen molar-refractivity contribution in [2.24, 2.45) is 0 Å². The molecule has 0 radical (unpaired) electrons. The maximum Gasteiger partial charge on any atom is 0.247 e. The summed E-state index contributed by atoms with van der Waals surface area (Å²) in [5.41, 5.74) is 1.99. The van der Waals surface area contributed by atoms with Crippen molar-refractivity contribution in [2.75, 3.05) is 20.3 Å². The van der Waals surface area contributed by atoms with E-state index >= 15 is 0 Å². The highest BCUT2D eigenvalue weighted by Crippen LogP contribution is 2.19. The first-order valence-corrected chi connectivity index (χ1v) is 9.07. The Morgan fingerprint density at radius 1 is 1.11 bits per heavy atom. The van der Waals surface area contributed by atoms with Crippen LogP contribution in [0.25, 0.3) is 11.5 Å². The highest BCUT2D eigenvalue weighted by atomic mass is 16.5. The minimum Gasteiger partial charge on any atom is -0.497 e. The van der Waals surface area contributed by atoms with Gasteiger partial charge in [-0.25, -0.2) is 0 Å². The molecule has 0 saturated heterocycles. The summed E-state index contributed by atoms with van der Waals surface area (Å²) in [4.78, 5) is 12.0. The predicted molar refractivity (Wildman–Crippen MR) is 104 cm³/mol. The molecule has 0 unspecified atom stereocenters. The van der Waals surface area contributed by atoms with E-state index < -0.39 is 0 Å². The van der Waals surface area contributed by atoms with Crippen molar-refractivity contribution in [1.29, 1.82) is 0 Å². The predicted octanol–water partition coefficient (Wildman–Crippen LogP) is 3.18. The van der Waals surface area contributed by atoms with E-state index in [4.69, 9.17) is 13.9 Å². The molecule has 28 heavy (non-hydrogen) atoms. The highest BCUT2D eigenvalue weighted by molar-refractivity contribution is 5.76. The first-order valence-electron chi connectivity index (χ1n) is 9.07. The number of nitrogens with zero attached hydrogens (tertiary/aromatic N) is 2. The fraction of sp³-hybridized carbons (Fsp3) is 0.286. The number of amides is 1. The van der Waals surface area contributed by atoms with E-state index in [2.05, 4.69) is 15.5 Å². The standard InChI is InChI=1S/C21H23N3O4/c1-15-4-3-5-16(14-15)21-24-23-20(28-21)11-10-19(25)22-12-13-27-18-8-6-17(26-2)7-9-18/h3-9,14H,10-13H2,1-2H3,(H,22,25). The van der Waals surface area contributed by atoms with E-state index in [9.17, 15) is 4.79 Å². The smallest absolute Gasteiger partial charge is 0.247 e. The third-order valence-corrected chi connectivity index (χ3v) is 4.05. The molecule has 0 bridgehead atoms. The van der Waals surface area contributed by atoms with Gasteiger partial charge < -0.3 is 19.2 Å². The van der Waals surface area contributed by atoms with Crippen molar-refractivity contribution in [3.05, 3.63) is 60.0 Å². The summed E-state index contributed by atoms with van der Waals surface area (Å²) in [5, 5.41) is 10.9. The zero-order valence-electron chi connectivity index (χ0n) is 16.0. The van der Waals surface area contributed by atoms with Gasteiger partial charge in [-0.05, 0) is 43.3 Å². The number of rotatable bonds is 9. The van der Waals surface area contributed by atoms with Gasteiger partial charge in [0.15, 0.2) is 0 Å². The number of methoxy groups -OCH3 is 1. The Labute approximate surface area is 163 Å². The maximum absolute atomic E-state index is 12.0. The SMILES string of the molecule is COc1ccc(OCCNC(=O)CCc2nnc(-c3cccc(C)c3)o2)cc1. The fourth-order valence-electron chi connectivity index (χ4n) is 2.59. The Morgan fingerprint density at radius 3 is 2.64 bits per heavy atom. The van der Waals surface area contributed by atoms with Crippen LogP contribution in [-0.4, -0.2) is 36.4 Å². The van der Waals surface area contributed by atoms with Crippen molar-refractivity contribution in [1.82, 2.24) is 15.5 Å². The van der Waals surface area contributed by atoms with Gasteiger partial charge in [0.25, 0.3) is 0 Å². The summed E-state index contributed by atoms with van der Waals surface area (Å²) >= 11 is 0. The number of carbonyl (C=O) groups is 1. The first-order chi connectivity index (χ1) is 13.6. The summed E-state index contributed by atoms with van der Waals surface area (Å²) < 4.78 is 16.3. The van der Waals surface area contributed by atoms with Gasteiger partial charge in [0, 0.05) is 18.4 Å². The lowest BCUT2D eigenvalue weighted by molar-refractivity contribution is -0.121. The lowest BCUT2D eigenvalue weighted by Gasteiger charge is -2.08. The average Bonchev–Trinajstić information content (AvgIpc) is 3.19. The Morgan fingerprint density at radius 2 is 1.89 bits per heavy atom. The van der Waals surface area contributed by atoms with Crippen LogP contribution in [0.4, 0.5) is 0 Å². The molecule has 0 aliphatic rings. The molecule has 0 spiro atoms. The maximum atomic E-state index is 12.0. The van der Waals surface area contributed by atoms with Crippen molar-refractivity contribution < 1.29 is 18.7 Å². The molecule has 1 aromatic heterocycles. The zero-order valence-corrected chi connectivity index (χ0v) is 16.0. The first kappa shape index (κ1) is 19.4. The average molecular weight is 381 g/mol. The number of benzene rings is 2. The molecule has 7 heteroatoms. The molecule has 3 rings (SSSR count). The molecule has 0 atom stereocenters. The van der Waals surface area contributed by atoms with Gasteiger partial charge >= 0.3 is 0 Å². The second-order valence-electron chi connectivity index (χ2n) is 6.24. The third kappa shape index (κ3) is 5.57. The summed E-state index contributed by atoms with van der Waals surface area (Å²) in [6.07, 6.45) is 0.669. The normalized spacial score (nSPS) is 10.5. The van der Waals surface area contributed by atoms with Crippen LogP contribution in [0, 0.1) is 6.92 Å². The Hall–Kier alpha value is -3.35. The lowest BCUT2D eigenvalue weighted by Crippen LogP contribution is -2.28. The Kier molecular flexibility index (Phi) is 6.62. The second-order valence-corrected chi connectivity index (χ2v) is 6.24. The zero-order chi connectivity index (χ0) is 19.8. The third-order valence-electron chi connectivity index (χ3n) is 4.05. The van der Waals surface area contributed by atoms with Gasteiger partial charge in [-0.1, -0.05) is 17.7 Å². The van der Waals surface area contributed by atoms with E-state index in [1.807, 2.05) is 55.5 Å². The van der Waals surface area contributed by atoms with Crippen LogP contribution in [-0.2, 0) is 11.2 Å². The van der Waals surface area contributed by atoms with Crippen molar-refractivity contribution in [3.63, 3.8) is 0 Å². The molecule has 0 aliphatic heterocycles. The molecule has 0 fully saturated rings. The van der Waals surface area contributed by atoms with Crippen LogP contribution in [0.1, 0.15) is 17.9 Å². The second kappa shape index (κ2) is 9.55. The molecule has 1 heterocycles. The van der Waals surface area contributed by atoms with Crippen LogP contribution in [0.3, 0.4) is 0 Å². The van der Waals surface area contributed by atoms with Crippen molar-refractivity contribution in [2.45, 2.75) is 19.8 Å². The minimum atomic E-state index is -0.0892. The molecule has 1 amide bonds. The topological polar surface area (TPSA) is 86.5 Å². The molecule has 1 N–H and O–H groups in total. The molecule has 146 valence electrons. The van der Waals surface area contributed by atoms with Gasteiger partial charge in [-0.2, -0.15) is 0 Å². The van der Waals surface area contributed by atoms with Gasteiger partial charge in [0.05, 0.1) is 13.7 Å². The highest BCUT2D eigenvalue weighted by Gasteiger charge is 2.10. The number of carbonyl (C=O) groups excluding carboxylic acids is 1. The summed E-state index contributed by atoms with van der Waals surface area (Å²) in [6, 6.07) is 15.1. The van der Waals surface area contributed by atoms with E-state index in [-0.39, 0.29) is 12.3 Å². The van der Waals surface area contributed by atoms with Gasteiger partial charge in [0.1, 0.15) is 18.1 Å². The van der Waals surface area contributed by atoms with Gasteiger partial charge in [-0.3, -0.25) is 4.79 Å². The quantitative estimate of drug-likeness (QED) is 0.573. The van der Waals surface area contributed by atoms with E-state index in [1.54, 1.807) is 7.11 Å². The fourth-order valence-corrected chi connectivity index (χ4v) is 2.59. The largest absolute Gasteiger partial charge is 0.497 e. The summed E-state index contributed by atoms with van der Waals surface area (Å²) in [6.45, 7) is 2.81. The van der Waals surface area contributed by atoms with E-state index in [0.717, 1.165) is 22.6 Å². The number of hydrogen-bond acceptors (Lipinski definition) is 6. The number of aryl methyl sites for hydroxylation is 2. The van der Waals surface area contributed by atoms with Crippen LogP contribution >= 0.6 is 0 Å². The summed E-state index contributed by atoms with van der Waals surface area (Å²) in [7, 11) is 1.61. The molecular weight excluding hydrogens is 358 g/mol. The number of hydrogen-bond donors (Lipinski definition) is 1. The Balaban J connectivity index is 1.37. The molecular formula is C21H23N3O4. The lowest BCUT2D eigenvalue weighted by atomic mass is 10.1. The van der Waals surface area contributed by atoms with Crippen LogP contribution in [0.15, 0.2) is 52.9 Å². The number of ether oxygens (including phenoxy) is 2. The molecule has 3 aromatic rings. The molecule has 0 aliphatic carbocycles. The number of nitrogens with one attached hydrogen (secondary N) is 1. The van der Waals surface area contributed by atoms with E-state index in [0.29, 0.717) is 31.4 Å². The summed E-state index contributed by atoms with van der Waals surface area (Å²) in [5.74, 6) is 2.32. The minimum absolute atomic E-state index is 0.0892. The number of aromatic nitrogens is 2.